The van der Waals surface area contributed by atoms with Gasteiger partial charge in [-0.2, -0.15) is 0 Å². The van der Waals surface area contributed by atoms with E-state index < -0.39 is 0 Å². The molecule has 9 heavy (non-hydrogen) atoms. The summed E-state index contributed by atoms with van der Waals surface area (Å²) in [7, 11) is 0. The van der Waals surface area contributed by atoms with Gasteiger partial charge in [-0.1, -0.05) is 0 Å². The summed E-state index contributed by atoms with van der Waals surface area (Å²) in [6.07, 6.45) is 0. The average molecular weight is 130 g/mol. The second kappa shape index (κ2) is 3.42. The molecule has 1 aliphatic rings. The zero-order valence-corrected chi connectivity index (χ0v) is 4.87. The summed E-state index contributed by atoms with van der Waals surface area (Å²) in [6, 6.07) is 0.0650. The highest BCUT2D eigenvalue weighted by molar-refractivity contribution is 5.37. The summed E-state index contributed by atoms with van der Waals surface area (Å²) in [5.41, 5.74) is 0. The Balaban J connectivity index is 2.04. The minimum atomic E-state index is 0.0650. The predicted molar refractivity (Wildman–Crippen MR) is 29.2 cm³/mol. The third-order valence-corrected chi connectivity index (χ3v) is 1.04. The first-order valence-corrected chi connectivity index (χ1v) is 2.67. The van der Waals surface area contributed by atoms with Crippen LogP contribution in [-0.4, -0.2) is 25.9 Å². The highest BCUT2D eigenvalue weighted by Crippen LogP contribution is 1.97. The van der Waals surface area contributed by atoms with E-state index in [9.17, 15) is 4.79 Å². The first-order chi connectivity index (χ1) is 4.43. The Morgan fingerprint density at radius 3 is 3.22 bits per heavy atom. The van der Waals surface area contributed by atoms with Crippen LogP contribution in [0.2, 0.25) is 0 Å². The third kappa shape index (κ3) is 1.99. The largest absolute Gasteiger partial charge is 0.459 e. The Morgan fingerprint density at radius 1 is 1.78 bits per heavy atom. The molecule has 1 rings (SSSR count). The van der Waals surface area contributed by atoms with E-state index >= 15 is 0 Å². The molecule has 1 fully saturated rings. The Hall–Kier alpha value is -0.610. The molecule has 1 heterocycles. The predicted octanol–water partition coefficient (Wildman–Crippen LogP) is -0.733. The van der Waals surface area contributed by atoms with E-state index in [1.807, 2.05) is 0 Å². The first-order valence-electron chi connectivity index (χ1n) is 2.67. The maximum atomic E-state index is 9.64. The quantitative estimate of drug-likeness (QED) is 0.511. The van der Waals surface area contributed by atoms with Crippen LogP contribution in [0.25, 0.3) is 0 Å². The molecule has 0 saturated carbocycles. The van der Waals surface area contributed by atoms with Crippen LogP contribution in [-0.2, 0) is 14.3 Å². The lowest BCUT2D eigenvalue weighted by Crippen LogP contribution is -2.24. The molecule has 4 heteroatoms. The molecule has 0 bridgehead atoms. The summed E-state index contributed by atoms with van der Waals surface area (Å²) < 4.78 is 9.29. The fourth-order valence-electron chi connectivity index (χ4n) is 0.625. The van der Waals surface area contributed by atoms with Crippen LogP contribution < -0.4 is 5.32 Å². The molecule has 0 spiro atoms. The van der Waals surface area contributed by atoms with Gasteiger partial charge in [-0.15, -0.1) is 0 Å². The molecule has 0 aromatic heterocycles. The molecule has 1 aliphatic heterocycles. The summed E-state index contributed by atoms with van der Waals surface area (Å²) >= 11 is 0. The molecule has 0 amide bonds. The highest BCUT2D eigenvalue weighted by Gasteiger charge is 2.14. The molecule has 1 atom stereocenters. The summed E-state index contributed by atoms with van der Waals surface area (Å²) in [4.78, 5) is 9.64. The zero-order chi connectivity index (χ0) is 6.53. The average Bonchev–Trinajstić information content (AvgIpc) is 2.34. The van der Waals surface area contributed by atoms with Crippen molar-refractivity contribution >= 4 is 6.47 Å². The van der Waals surface area contributed by atoms with Crippen molar-refractivity contribution in [1.29, 1.82) is 0 Å². The van der Waals surface area contributed by atoms with Gasteiger partial charge >= 0.3 is 0 Å². The number of ether oxygens (including phenoxy) is 2. The van der Waals surface area contributed by atoms with Crippen LogP contribution in [0.15, 0.2) is 0 Å². The number of rotatable bonds is 3. The van der Waals surface area contributed by atoms with Crippen molar-refractivity contribution < 1.29 is 14.3 Å². The zero-order valence-electron chi connectivity index (χ0n) is 4.87. The van der Waals surface area contributed by atoms with Gasteiger partial charge in [0.2, 0.25) is 0 Å². The summed E-state index contributed by atoms with van der Waals surface area (Å²) in [5, 5.41) is 2.93. The number of hydrogen-bond donors (Lipinski definition) is 1. The Labute approximate surface area is 53.1 Å². The number of carbonyl (C=O) groups is 1. The topological polar surface area (TPSA) is 47.6 Å². The van der Waals surface area contributed by atoms with Gasteiger partial charge in [-0.25, -0.2) is 0 Å². The molecule has 1 radical (unpaired) electrons. The molecule has 0 aromatic carbocycles. The van der Waals surface area contributed by atoms with Crippen LogP contribution in [0.5, 0.6) is 0 Å². The highest BCUT2D eigenvalue weighted by atomic mass is 16.5. The van der Waals surface area contributed by atoms with E-state index in [0.29, 0.717) is 19.8 Å². The van der Waals surface area contributed by atoms with Crippen LogP contribution in [0.4, 0.5) is 0 Å². The molecule has 4 nitrogen and oxygen atoms in total. The first kappa shape index (κ1) is 6.51. The maximum Gasteiger partial charge on any atom is 0.293 e. The molecular formula is C5H8NO3. The Kier molecular flexibility index (Phi) is 2.48. The van der Waals surface area contributed by atoms with Gasteiger partial charge < -0.3 is 9.47 Å². The third-order valence-electron chi connectivity index (χ3n) is 1.04. The van der Waals surface area contributed by atoms with E-state index in [2.05, 4.69) is 10.1 Å². The SMILES string of the molecule is O=CO[CH]C1COCN1. The fourth-order valence-corrected chi connectivity index (χ4v) is 0.625. The second-order valence-electron chi connectivity index (χ2n) is 1.69. The van der Waals surface area contributed by atoms with Gasteiger partial charge in [0.25, 0.3) is 6.47 Å². The normalized spacial score (nSPS) is 26.0. The number of nitrogens with one attached hydrogen (secondary N) is 1. The van der Waals surface area contributed by atoms with Crippen LogP contribution in [0.3, 0.4) is 0 Å². The summed E-state index contributed by atoms with van der Waals surface area (Å²) in [6.45, 7) is 2.91. The minimum absolute atomic E-state index is 0.0650. The standard InChI is InChI=1S/C5H8NO3/c7-4-9-2-5-1-8-3-6-5/h2,4-6H,1,3H2. The van der Waals surface area contributed by atoms with Crippen molar-refractivity contribution in [2.45, 2.75) is 6.04 Å². The fraction of sp³-hybridized carbons (Fsp3) is 0.600. The van der Waals surface area contributed by atoms with Crippen molar-refractivity contribution in [2.75, 3.05) is 13.3 Å². The van der Waals surface area contributed by atoms with Crippen LogP contribution >= 0.6 is 0 Å². The minimum Gasteiger partial charge on any atom is -0.459 e. The van der Waals surface area contributed by atoms with E-state index in [-0.39, 0.29) is 6.04 Å². The lowest BCUT2D eigenvalue weighted by Gasteiger charge is -2.02. The van der Waals surface area contributed by atoms with E-state index in [1.165, 1.54) is 6.61 Å². The molecule has 1 unspecified atom stereocenters. The van der Waals surface area contributed by atoms with E-state index in [0.717, 1.165) is 0 Å². The van der Waals surface area contributed by atoms with Gasteiger partial charge in [0.05, 0.1) is 19.4 Å². The molecular weight excluding hydrogens is 122 g/mol. The van der Waals surface area contributed by atoms with Crippen molar-refractivity contribution in [3.05, 3.63) is 6.61 Å². The van der Waals surface area contributed by atoms with Gasteiger partial charge in [-0.05, 0) is 0 Å². The Bertz CT molecular complexity index is 90.2. The Morgan fingerprint density at radius 2 is 2.67 bits per heavy atom. The monoisotopic (exact) mass is 130 g/mol. The summed E-state index contributed by atoms with van der Waals surface area (Å²) in [5.74, 6) is 0. The van der Waals surface area contributed by atoms with Gasteiger partial charge in [-0.3, -0.25) is 10.1 Å². The van der Waals surface area contributed by atoms with Crippen LogP contribution in [0, 0.1) is 6.61 Å². The lowest BCUT2D eigenvalue weighted by atomic mass is 10.4. The molecule has 1 N–H and O–H groups in total. The van der Waals surface area contributed by atoms with Crippen LogP contribution in [0.1, 0.15) is 0 Å². The molecule has 51 valence electrons. The molecule has 1 saturated heterocycles. The van der Waals surface area contributed by atoms with E-state index in [4.69, 9.17) is 4.74 Å². The van der Waals surface area contributed by atoms with Crippen molar-refractivity contribution in [2.24, 2.45) is 0 Å². The molecule has 0 aliphatic carbocycles. The van der Waals surface area contributed by atoms with Gasteiger partial charge in [0.15, 0.2) is 6.61 Å². The van der Waals surface area contributed by atoms with Crippen molar-refractivity contribution in [3.8, 4) is 0 Å². The van der Waals surface area contributed by atoms with E-state index in [1.54, 1.807) is 0 Å². The van der Waals surface area contributed by atoms with Gasteiger partial charge in [0, 0.05) is 0 Å². The molecule has 0 aromatic rings. The van der Waals surface area contributed by atoms with Crippen molar-refractivity contribution in [1.82, 2.24) is 5.32 Å². The number of carbonyl (C=O) groups excluding carboxylic acids is 1. The maximum absolute atomic E-state index is 9.64. The second-order valence-corrected chi connectivity index (χ2v) is 1.69. The smallest absolute Gasteiger partial charge is 0.293 e. The lowest BCUT2D eigenvalue weighted by molar-refractivity contribution is -0.126. The van der Waals surface area contributed by atoms with Gasteiger partial charge in [0.1, 0.15) is 0 Å². The number of hydrogen-bond acceptors (Lipinski definition) is 4. The van der Waals surface area contributed by atoms with Crippen molar-refractivity contribution in [3.63, 3.8) is 0 Å².